The van der Waals surface area contributed by atoms with Crippen molar-refractivity contribution in [2.75, 3.05) is 5.32 Å². The standard InChI is InChI=1S/C18H19N3O/c1-13-5-3-7-15(11-13)20-18(22)9-10-21-17-8-4-6-14(2)16(17)12-19-21/h3-8,11-12H,9-10H2,1-2H3,(H,20,22). The van der Waals surface area contributed by atoms with Crippen LogP contribution in [0.1, 0.15) is 17.5 Å². The molecule has 0 bridgehead atoms. The third-order valence-electron chi connectivity index (χ3n) is 3.76. The van der Waals surface area contributed by atoms with Crippen LogP contribution in [0.3, 0.4) is 0 Å². The summed E-state index contributed by atoms with van der Waals surface area (Å²) in [6, 6.07) is 13.9. The monoisotopic (exact) mass is 293 g/mol. The van der Waals surface area contributed by atoms with Crippen molar-refractivity contribution < 1.29 is 4.79 Å². The lowest BCUT2D eigenvalue weighted by molar-refractivity contribution is -0.116. The Balaban J connectivity index is 1.66. The van der Waals surface area contributed by atoms with Gasteiger partial charge in [-0.25, -0.2) is 0 Å². The number of carbonyl (C=O) groups is 1. The Bertz CT molecular complexity index is 820. The van der Waals surface area contributed by atoms with Crippen molar-refractivity contribution in [2.24, 2.45) is 0 Å². The molecule has 0 aliphatic heterocycles. The minimum absolute atomic E-state index is 0.00176. The molecule has 1 heterocycles. The van der Waals surface area contributed by atoms with Gasteiger partial charge in [0.15, 0.2) is 0 Å². The van der Waals surface area contributed by atoms with Gasteiger partial charge in [-0.05, 0) is 43.2 Å². The predicted octanol–water partition coefficient (Wildman–Crippen LogP) is 3.68. The maximum atomic E-state index is 12.1. The van der Waals surface area contributed by atoms with E-state index in [0.29, 0.717) is 13.0 Å². The molecular formula is C18H19N3O. The molecule has 3 rings (SSSR count). The van der Waals surface area contributed by atoms with Crippen LogP contribution >= 0.6 is 0 Å². The largest absolute Gasteiger partial charge is 0.326 e. The molecule has 3 aromatic rings. The van der Waals surface area contributed by atoms with Gasteiger partial charge in [0, 0.05) is 17.5 Å². The lowest BCUT2D eigenvalue weighted by Crippen LogP contribution is -2.15. The number of benzene rings is 2. The molecule has 1 N–H and O–H groups in total. The van der Waals surface area contributed by atoms with E-state index in [0.717, 1.165) is 22.2 Å². The molecule has 0 aliphatic carbocycles. The van der Waals surface area contributed by atoms with Crippen LogP contribution in [0, 0.1) is 13.8 Å². The van der Waals surface area contributed by atoms with E-state index in [2.05, 4.69) is 23.4 Å². The number of hydrogen-bond acceptors (Lipinski definition) is 2. The Kier molecular flexibility index (Phi) is 3.92. The Morgan fingerprint density at radius 3 is 2.82 bits per heavy atom. The third kappa shape index (κ3) is 3.01. The number of nitrogens with one attached hydrogen (secondary N) is 1. The second-order valence-corrected chi connectivity index (χ2v) is 5.54. The van der Waals surface area contributed by atoms with Crippen molar-refractivity contribution in [1.82, 2.24) is 9.78 Å². The van der Waals surface area contributed by atoms with Crippen LogP contribution in [0.2, 0.25) is 0 Å². The van der Waals surface area contributed by atoms with Gasteiger partial charge in [0.1, 0.15) is 0 Å². The van der Waals surface area contributed by atoms with Gasteiger partial charge in [-0.1, -0.05) is 24.3 Å². The van der Waals surface area contributed by atoms with Crippen LogP contribution in [0.4, 0.5) is 5.69 Å². The van der Waals surface area contributed by atoms with Crippen molar-refractivity contribution in [3.63, 3.8) is 0 Å². The van der Waals surface area contributed by atoms with E-state index < -0.39 is 0 Å². The molecule has 0 radical (unpaired) electrons. The Labute approximate surface area is 129 Å². The molecule has 22 heavy (non-hydrogen) atoms. The van der Waals surface area contributed by atoms with E-state index in [1.165, 1.54) is 5.56 Å². The van der Waals surface area contributed by atoms with Crippen molar-refractivity contribution in [3.8, 4) is 0 Å². The molecule has 4 nitrogen and oxygen atoms in total. The fraction of sp³-hybridized carbons (Fsp3) is 0.222. The zero-order valence-electron chi connectivity index (χ0n) is 12.8. The second kappa shape index (κ2) is 6.02. The van der Waals surface area contributed by atoms with Gasteiger partial charge in [0.2, 0.25) is 5.91 Å². The number of aromatic nitrogens is 2. The summed E-state index contributed by atoms with van der Waals surface area (Å²) >= 11 is 0. The van der Waals surface area contributed by atoms with Crippen molar-refractivity contribution in [3.05, 3.63) is 59.8 Å². The quantitative estimate of drug-likeness (QED) is 0.797. The summed E-state index contributed by atoms with van der Waals surface area (Å²) in [6.45, 7) is 4.65. The van der Waals surface area contributed by atoms with Crippen molar-refractivity contribution in [1.29, 1.82) is 0 Å². The number of anilines is 1. The third-order valence-corrected chi connectivity index (χ3v) is 3.76. The smallest absolute Gasteiger partial charge is 0.226 e. The van der Waals surface area contributed by atoms with E-state index in [9.17, 15) is 4.79 Å². The normalized spacial score (nSPS) is 10.8. The predicted molar refractivity (Wildman–Crippen MR) is 88.9 cm³/mol. The van der Waals surface area contributed by atoms with E-state index >= 15 is 0 Å². The lowest BCUT2D eigenvalue weighted by Gasteiger charge is -2.07. The molecule has 1 aromatic heterocycles. The van der Waals surface area contributed by atoms with Gasteiger partial charge >= 0.3 is 0 Å². The summed E-state index contributed by atoms with van der Waals surface area (Å²) in [4.78, 5) is 12.1. The number of nitrogens with zero attached hydrogens (tertiary/aromatic N) is 2. The van der Waals surface area contributed by atoms with Crippen LogP contribution in [-0.4, -0.2) is 15.7 Å². The highest BCUT2D eigenvalue weighted by molar-refractivity contribution is 5.90. The molecule has 4 heteroatoms. The molecule has 112 valence electrons. The maximum Gasteiger partial charge on any atom is 0.226 e. The summed E-state index contributed by atoms with van der Waals surface area (Å²) in [7, 11) is 0. The fourth-order valence-electron chi connectivity index (χ4n) is 2.58. The Morgan fingerprint density at radius 2 is 2.00 bits per heavy atom. The molecular weight excluding hydrogens is 274 g/mol. The van der Waals surface area contributed by atoms with Crippen molar-refractivity contribution >= 4 is 22.5 Å². The van der Waals surface area contributed by atoms with Crippen molar-refractivity contribution in [2.45, 2.75) is 26.8 Å². The summed E-state index contributed by atoms with van der Waals surface area (Å²) in [5.74, 6) is 0.00176. The highest BCUT2D eigenvalue weighted by atomic mass is 16.1. The topological polar surface area (TPSA) is 46.9 Å². The van der Waals surface area contributed by atoms with E-state index in [4.69, 9.17) is 0 Å². The molecule has 0 aliphatic rings. The highest BCUT2D eigenvalue weighted by Crippen LogP contribution is 2.18. The molecule has 0 spiro atoms. The van der Waals surface area contributed by atoms with Crippen LogP contribution in [0.5, 0.6) is 0 Å². The van der Waals surface area contributed by atoms with Gasteiger partial charge in [-0.15, -0.1) is 0 Å². The number of carbonyl (C=O) groups excluding carboxylic acids is 1. The van der Waals surface area contributed by atoms with E-state index in [1.54, 1.807) is 0 Å². The minimum atomic E-state index is 0.00176. The van der Waals surface area contributed by atoms with Gasteiger partial charge in [0.25, 0.3) is 0 Å². The van der Waals surface area contributed by atoms with Crippen LogP contribution < -0.4 is 5.32 Å². The summed E-state index contributed by atoms with van der Waals surface area (Å²) in [5.41, 5.74) is 4.24. The average molecular weight is 293 g/mol. The first-order valence-electron chi connectivity index (χ1n) is 7.41. The number of rotatable bonds is 4. The van der Waals surface area contributed by atoms with Gasteiger partial charge in [-0.3, -0.25) is 9.48 Å². The summed E-state index contributed by atoms with van der Waals surface area (Å²) in [5, 5.41) is 8.45. The molecule has 0 atom stereocenters. The van der Waals surface area contributed by atoms with E-state index in [-0.39, 0.29) is 5.91 Å². The first-order chi connectivity index (χ1) is 10.6. The van der Waals surface area contributed by atoms with Crippen LogP contribution in [-0.2, 0) is 11.3 Å². The average Bonchev–Trinajstić information content (AvgIpc) is 2.90. The summed E-state index contributed by atoms with van der Waals surface area (Å²) in [6.07, 6.45) is 2.27. The lowest BCUT2D eigenvalue weighted by atomic mass is 10.1. The Morgan fingerprint density at radius 1 is 1.18 bits per heavy atom. The molecule has 1 amide bonds. The fourth-order valence-corrected chi connectivity index (χ4v) is 2.58. The SMILES string of the molecule is Cc1cccc(NC(=O)CCn2ncc3c(C)cccc32)c1. The zero-order valence-corrected chi connectivity index (χ0v) is 12.8. The zero-order chi connectivity index (χ0) is 15.5. The maximum absolute atomic E-state index is 12.1. The Hall–Kier alpha value is -2.62. The number of amides is 1. The van der Waals surface area contributed by atoms with E-state index in [1.807, 2.05) is 54.2 Å². The first-order valence-corrected chi connectivity index (χ1v) is 7.41. The number of aryl methyl sites for hydroxylation is 3. The van der Waals surface area contributed by atoms with Gasteiger partial charge in [-0.2, -0.15) is 5.10 Å². The number of fused-ring (bicyclic) bond motifs is 1. The summed E-state index contributed by atoms with van der Waals surface area (Å²) < 4.78 is 1.89. The molecule has 0 unspecified atom stereocenters. The van der Waals surface area contributed by atoms with Gasteiger partial charge in [0.05, 0.1) is 18.3 Å². The molecule has 0 fully saturated rings. The van der Waals surface area contributed by atoms with Crippen LogP contribution in [0.15, 0.2) is 48.7 Å². The molecule has 0 saturated heterocycles. The van der Waals surface area contributed by atoms with Crippen LogP contribution in [0.25, 0.3) is 10.9 Å². The minimum Gasteiger partial charge on any atom is -0.326 e. The first kappa shape index (κ1) is 14.3. The highest BCUT2D eigenvalue weighted by Gasteiger charge is 2.07. The second-order valence-electron chi connectivity index (χ2n) is 5.54. The van der Waals surface area contributed by atoms with Gasteiger partial charge < -0.3 is 5.32 Å². The molecule has 0 saturated carbocycles. The number of hydrogen-bond donors (Lipinski definition) is 1. The molecule has 2 aromatic carbocycles.